The van der Waals surface area contributed by atoms with Gasteiger partial charge in [0.05, 0.1) is 11.5 Å². The Hall–Kier alpha value is -1.44. The van der Waals surface area contributed by atoms with E-state index in [2.05, 4.69) is 9.71 Å². The molecule has 2 N–H and O–H groups in total. The first-order valence-corrected chi connectivity index (χ1v) is 7.52. The van der Waals surface area contributed by atoms with E-state index >= 15 is 0 Å². The lowest BCUT2D eigenvalue weighted by atomic mass is 10.1. The maximum absolute atomic E-state index is 12.2. The van der Waals surface area contributed by atoms with Gasteiger partial charge in [-0.25, -0.2) is 13.4 Å². The fourth-order valence-electron chi connectivity index (χ4n) is 1.57. The van der Waals surface area contributed by atoms with Crippen molar-refractivity contribution < 1.29 is 13.5 Å². The molecule has 0 amide bonds. The Morgan fingerprint density at radius 3 is 2.83 bits per heavy atom. The summed E-state index contributed by atoms with van der Waals surface area (Å²) in [6, 6.07) is 4.80. The second-order valence-electron chi connectivity index (χ2n) is 3.64. The number of nitrogens with one attached hydrogen (secondary N) is 1. The summed E-state index contributed by atoms with van der Waals surface area (Å²) in [5.74, 6) is 0. The van der Waals surface area contributed by atoms with Crippen LogP contribution in [0.25, 0.3) is 0 Å². The van der Waals surface area contributed by atoms with Gasteiger partial charge in [0.15, 0.2) is 5.13 Å². The molecule has 0 saturated heterocycles. The second kappa shape index (κ2) is 5.05. The number of aromatic nitrogens is 1. The topological polar surface area (TPSA) is 79.3 Å². The average Bonchev–Trinajstić information content (AvgIpc) is 2.81. The van der Waals surface area contributed by atoms with Gasteiger partial charge >= 0.3 is 0 Å². The Labute approximate surface area is 109 Å². The van der Waals surface area contributed by atoms with Crippen molar-refractivity contribution >= 4 is 26.5 Å². The van der Waals surface area contributed by atoms with Gasteiger partial charge in [0.25, 0.3) is 10.0 Å². The number of rotatable bonds is 4. The van der Waals surface area contributed by atoms with E-state index in [1.807, 2.05) is 0 Å². The molecule has 0 saturated carbocycles. The minimum absolute atomic E-state index is 0.157. The standard InChI is InChI=1S/C11H12N2O3S2/c1-8-9(7-14)3-2-4-10(8)18(15,16)13-11-12-5-6-17-11/h2-6,14H,7H2,1H3,(H,12,13). The number of anilines is 1. The Morgan fingerprint density at radius 1 is 1.44 bits per heavy atom. The molecule has 96 valence electrons. The number of thiazole rings is 1. The molecular weight excluding hydrogens is 272 g/mol. The minimum Gasteiger partial charge on any atom is -0.392 e. The molecule has 0 aliphatic heterocycles. The number of nitrogens with zero attached hydrogens (tertiary/aromatic N) is 1. The molecular formula is C11H12N2O3S2. The summed E-state index contributed by atoms with van der Waals surface area (Å²) in [6.07, 6.45) is 1.53. The quantitative estimate of drug-likeness (QED) is 0.896. The fraction of sp³-hybridized carbons (Fsp3) is 0.182. The van der Waals surface area contributed by atoms with E-state index in [0.29, 0.717) is 16.3 Å². The molecule has 0 fully saturated rings. The normalized spacial score (nSPS) is 11.4. The van der Waals surface area contributed by atoms with E-state index < -0.39 is 10.0 Å². The van der Waals surface area contributed by atoms with Gasteiger partial charge in [0, 0.05) is 11.6 Å². The van der Waals surface area contributed by atoms with Crippen LogP contribution in [0.4, 0.5) is 5.13 Å². The molecule has 7 heteroatoms. The van der Waals surface area contributed by atoms with Crippen molar-refractivity contribution in [2.45, 2.75) is 18.4 Å². The van der Waals surface area contributed by atoms with E-state index in [1.54, 1.807) is 24.4 Å². The van der Waals surface area contributed by atoms with Gasteiger partial charge in [-0.1, -0.05) is 12.1 Å². The first-order valence-electron chi connectivity index (χ1n) is 5.16. The summed E-state index contributed by atoms with van der Waals surface area (Å²) < 4.78 is 26.7. The van der Waals surface area contributed by atoms with Crippen LogP contribution in [-0.4, -0.2) is 18.5 Å². The number of hydrogen-bond donors (Lipinski definition) is 2. The van der Waals surface area contributed by atoms with Crippen LogP contribution >= 0.6 is 11.3 Å². The molecule has 1 heterocycles. The van der Waals surface area contributed by atoms with E-state index in [1.165, 1.54) is 23.6 Å². The summed E-state index contributed by atoms with van der Waals surface area (Å²) in [6.45, 7) is 1.48. The molecule has 0 aliphatic rings. The summed E-state index contributed by atoms with van der Waals surface area (Å²) in [7, 11) is -3.66. The number of aliphatic hydroxyl groups excluding tert-OH is 1. The van der Waals surface area contributed by atoms with E-state index in [9.17, 15) is 8.42 Å². The average molecular weight is 284 g/mol. The van der Waals surface area contributed by atoms with Gasteiger partial charge in [-0.2, -0.15) is 0 Å². The van der Waals surface area contributed by atoms with Crippen LogP contribution in [0.2, 0.25) is 0 Å². The summed E-state index contributed by atoms with van der Waals surface area (Å²) in [5.41, 5.74) is 1.14. The van der Waals surface area contributed by atoms with Crippen LogP contribution in [0.1, 0.15) is 11.1 Å². The van der Waals surface area contributed by atoms with E-state index in [-0.39, 0.29) is 11.5 Å². The lowest BCUT2D eigenvalue weighted by Crippen LogP contribution is -2.14. The second-order valence-corrected chi connectivity index (χ2v) is 6.19. The van der Waals surface area contributed by atoms with Crippen molar-refractivity contribution in [1.82, 2.24) is 4.98 Å². The highest BCUT2D eigenvalue weighted by Crippen LogP contribution is 2.22. The van der Waals surface area contributed by atoms with Crippen molar-refractivity contribution in [3.8, 4) is 0 Å². The summed E-state index contributed by atoms with van der Waals surface area (Å²) in [5, 5.41) is 11.2. The monoisotopic (exact) mass is 284 g/mol. The summed E-state index contributed by atoms with van der Waals surface area (Å²) >= 11 is 1.21. The molecule has 0 unspecified atom stereocenters. The van der Waals surface area contributed by atoms with Crippen LogP contribution in [0, 0.1) is 6.92 Å². The van der Waals surface area contributed by atoms with Gasteiger partial charge in [-0.15, -0.1) is 11.3 Å². The smallest absolute Gasteiger partial charge is 0.263 e. The molecule has 2 rings (SSSR count). The molecule has 1 aromatic heterocycles. The van der Waals surface area contributed by atoms with Gasteiger partial charge in [-0.3, -0.25) is 4.72 Å². The van der Waals surface area contributed by atoms with Crippen molar-refractivity contribution in [2.24, 2.45) is 0 Å². The van der Waals surface area contributed by atoms with Gasteiger partial charge < -0.3 is 5.11 Å². The number of hydrogen-bond acceptors (Lipinski definition) is 5. The lowest BCUT2D eigenvalue weighted by Gasteiger charge is -2.10. The molecule has 0 bridgehead atoms. The molecule has 18 heavy (non-hydrogen) atoms. The van der Waals surface area contributed by atoms with Crippen LogP contribution < -0.4 is 4.72 Å². The zero-order chi connectivity index (χ0) is 13.2. The van der Waals surface area contributed by atoms with Crippen LogP contribution in [0.15, 0.2) is 34.7 Å². The molecule has 0 atom stereocenters. The summed E-state index contributed by atoms with van der Waals surface area (Å²) in [4.78, 5) is 4.03. The fourth-order valence-corrected chi connectivity index (χ4v) is 3.64. The third kappa shape index (κ3) is 2.53. The molecule has 5 nitrogen and oxygen atoms in total. The Balaban J connectivity index is 2.42. The van der Waals surface area contributed by atoms with Crippen LogP contribution in [0.3, 0.4) is 0 Å². The van der Waals surface area contributed by atoms with E-state index in [0.717, 1.165) is 0 Å². The molecule has 1 aromatic carbocycles. The van der Waals surface area contributed by atoms with Crippen molar-refractivity contribution in [3.63, 3.8) is 0 Å². The highest BCUT2D eigenvalue weighted by molar-refractivity contribution is 7.93. The van der Waals surface area contributed by atoms with Crippen molar-refractivity contribution in [1.29, 1.82) is 0 Å². The third-order valence-corrected chi connectivity index (χ3v) is 4.81. The lowest BCUT2D eigenvalue weighted by molar-refractivity contribution is 0.280. The molecule has 0 aliphatic carbocycles. The Kier molecular flexibility index (Phi) is 3.65. The van der Waals surface area contributed by atoms with Crippen LogP contribution in [-0.2, 0) is 16.6 Å². The number of sulfonamides is 1. The Morgan fingerprint density at radius 2 is 2.22 bits per heavy atom. The van der Waals surface area contributed by atoms with Gasteiger partial charge in [0.2, 0.25) is 0 Å². The highest BCUT2D eigenvalue weighted by Gasteiger charge is 2.19. The SMILES string of the molecule is Cc1c(CO)cccc1S(=O)(=O)Nc1nccs1. The predicted octanol–water partition coefficient (Wildman–Crippen LogP) is 1.74. The Bertz CT molecular complexity index is 636. The van der Waals surface area contributed by atoms with Crippen LogP contribution in [0.5, 0.6) is 0 Å². The first kappa shape index (κ1) is 13.0. The number of aliphatic hydroxyl groups is 1. The number of benzene rings is 1. The maximum Gasteiger partial charge on any atom is 0.263 e. The molecule has 2 aromatic rings. The minimum atomic E-state index is -3.66. The zero-order valence-corrected chi connectivity index (χ0v) is 11.3. The highest BCUT2D eigenvalue weighted by atomic mass is 32.2. The van der Waals surface area contributed by atoms with Gasteiger partial charge in [0.1, 0.15) is 0 Å². The molecule has 0 radical (unpaired) electrons. The molecule has 0 spiro atoms. The van der Waals surface area contributed by atoms with E-state index in [4.69, 9.17) is 5.11 Å². The zero-order valence-electron chi connectivity index (χ0n) is 9.62. The largest absolute Gasteiger partial charge is 0.392 e. The van der Waals surface area contributed by atoms with Gasteiger partial charge in [-0.05, 0) is 24.1 Å². The van der Waals surface area contributed by atoms with Crippen molar-refractivity contribution in [2.75, 3.05) is 4.72 Å². The van der Waals surface area contributed by atoms with Crippen molar-refractivity contribution in [3.05, 3.63) is 40.9 Å². The first-order chi connectivity index (χ1) is 8.54. The maximum atomic E-state index is 12.2. The predicted molar refractivity (Wildman–Crippen MR) is 70.0 cm³/mol. The third-order valence-electron chi connectivity index (χ3n) is 2.51.